The van der Waals surface area contributed by atoms with E-state index in [-0.39, 0.29) is 0 Å². The monoisotopic (exact) mass is 264 g/mol. The third kappa shape index (κ3) is 2.22. The van der Waals surface area contributed by atoms with Gasteiger partial charge in [-0.25, -0.2) is 0 Å². The molecule has 1 unspecified atom stereocenters. The molecule has 3 rings (SSSR count). The second-order valence-corrected chi connectivity index (χ2v) is 5.74. The van der Waals surface area contributed by atoms with E-state index in [0.717, 1.165) is 22.9 Å². The summed E-state index contributed by atoms with van der Waals surface area (Å²) in [7, 11) is 0. The predicted octanol–water partition coefficient (Wildman–Crippen LogP) is 3.55. The van der Waals surface area contributed by atoms with Gasteiger partial charge >= 0.3 is 0 Å². The van der Waals surface area contributed by atoms with Crippen molar-refractivity contribution >= 4 is 22.9 Å². The van der Waals surface area contributed by atoms with Crippen LogP contribution in [0, 0.1) is 0 Å². The highest BCUT2D eigenvalue weighted by atomic mass is 35.5. The SMILES string of the molecule is ClCc1nnc(C2CCc3ccccc3C2)s1. The summed E-state index contributed by atoms with van der Waals surface area (Å²) < 4.78 is 0. The van der Waals surface area contributed by atoms with E-state index in [0.29, 0.717) is 11.8 Å². The zero-order valence-corrected chi connectivity index (χ0v) is 11.0. The summed E-state index contributed by atoms with van der Waals surface area (Å²) in [4.78, 5) is 0. The Bertz CT molecular complexity index is 524. The van der Waals surface area contributed by atoms with Gasteiger partial charge in [-0.05, 0) is 30.4 Å². The fourth-order valence-corrected chi connectivity index (χ4v) is 3.44. The summed E-state index contributed by atoms with van der Waals surface area (Å²) in [5.41, 5.74) is 2.96. The van der Waals surface area contributed by atoms with Crippen molar-refractivity contribution in [3.8, 4) is 0 Å². The summed E-state index contributed by atoms with van der Waals surface area (Å²) in [5, 5.41) is 10.4. The first-order valence-electron chi connectivity index (χ1n) is 5.82. The predicted molar refractivity (Wildman–Crippen MR) is 70.7 cm³/mol. The van der Waals surface area contributed by atoms with Gasteiger partial charge in [0.05, 0.1) is 5.88 Å². The van der Waals surface area contributed by atoms with Gasteiger partial charge in [-0.2, -0.15) is 0 Å². The smallest absolute Gasteiger partial charge is 0.132 e. The number of fused-ring (bicyclic) bond motifs is 1. The molecule has 17 heavy (non-hydrogen) atoms. The van der Waals surface area contributed by atoms with Crippen LogP contribution in [-0.4, -0.2) is 10.2 Å². The number of benzene rings is 1. The van der Waals surface area contributed by atoms with Gasteiger partial charge in [-0.1, -0.05) is 35.6 Å². The van der Waals surface area contributed by atoms with Gasteiger partial charge in [-0.3, -0.25) is 0 Å². The van der Waals surface area contributed by atoms with Crippen LogP contribution in [-0.2, 0) is 18.7 Å². The molecule has 0 aliphatic heterocycles. The van der Waals surface area contributed by atoms with Gasteiger partial charge in [0.15, 0.2) is 0 Å². The molecule has 88 valence electrons. The van der Waals surface area contributed by atoms with E-state index in [1.165, 1.54) is 17.5 Å². The van der Waals surface area contributed by atoms with Gasteiger partial charge in [0.1, 0.15) is 10.0 Å². The number of aryl methyl sites for hydroxylation is 1. The van der Waals surface area contributed by atoms with Gasteiger partial charge in [0.25, 0.3) is 0 Å². The Hall–Kier alpha value is -0.930. The van der Waals surface area contributed by atoms with Crippen molar-refractivity contribution in [3.63, 3.8) is 0 Å². The lowest BCUT2D eigenvalue weighted by Gasteiger charge is -2.22. The largest absolute Gasteiger partial charge is 0.143 e. The molecule has 1 aliphatic carbocycles. The van der Waals surface area contributed by atoms with Crippen LogP contribution >= 0.6 is 22.9 Å². The van der Waals surface area contributed by atoms with Crippen LogP contribution in [0.5, 0.6) is 0 Å². The third-order valence-electron chi connectivity index (χ3n) is 3.29. The molecule has 2 aromatic rings. The first kappa shape index (κ1) is 11.2. The fraction of sp³-hybridized carbons (Fsp3) is 0.385. The number of hydrogen-bond acceptors (Lipinski definition) is 3. The average Bonchev–Trinajstić information content (AvgIpc) is 2.87. The van der Waals surface area contributed by atoms with Crippen LogP contribution < -0.4 is 0 Å². The standard InChI is InChI=1S/C13H13ClN2S/c14-8-12-15-16-13(17-12)11-6-5-9-3-1-2-4-10(9)7-11/h1-4,11H,5-8H2. The molecule has 0 spiro atoms. The number of halogens is 1. The molecular weight excluding hydrogens is 252 g/mol. The average molecular weight is 265 g/mol. The lowest BCUT2D eigenvalue weighted by molar-refractivity contribution is 0.577. The quantitative estimate of drug-likeness (QED) is 0.776. The Kier molecular flexibility index (Phi) is 3.12. The highest BCUT2D eigenvalue weighted by molar-refractivity contribution is 7.11. The zero-order chi connectivity index (χ0) is 11.7. The number of aromatic nitrogens is 2. The lowest BCUT2D eigenvalue weighted by Crippen LogP contribution is -2.12. The van der Waals surface area contributed by atoms with Gasteiger partial charge in [0, 0.05) is 5.92 Å². The van der Waals surface area contributed by atoms with E-state index in [4.69, 9.17) is 11.6 Å². The van der Waals surface area contributed by atoms with Crippen molar-refractivity contribution in [1.82, 2.24) is 10.2 Å². The molecule has 0 amide bonds. The van der Waals surface area contributed by atoms with Crippen LogP contribution in [0.4, 0.5) is 0 Å². The maximum Gasteiger partial charge on any atom is 0.132 e. The lowest BCUT2D eigenvalue weighted by atomic mass is 9.84. The minimum absolute atomic E-state index is 0.473. The highest BCUT2D eigenvalue weighted by Crippen LogP contribution is 2.34. The molecule has 0 saturated carbocycles. The van der Waals surface area contributed by atoms with Crippen molar-refractivity contribution in [2.24, 2.45) is 0 Å². The van der Waals surface area contributed by atoms with E-state index >= 15 is 0 Å². The minimum atomic E-state index is 0.473. The number of nitrogens with zero attached hydrogens (tertiary/aromatic N) is 2. The maximum atomic E-state index is 5.77. The summed E-state index contributed by atoms with van der Waals surface area (Å²) in [6.07, 6.45) is 3.41. The van der Waals surface area contributed by atoms with Crippen LogP contribution in [0.25, 0.3) is 0 Å². The maximum absolute atomic E-state index is 5.77. The van der Waals surface area contributed by atoms with E-state index in [2.05, 4.69) is 34.5 Å². The molecule has 0 N–H and O–H groups in total. The first-order chi connectivity index (χ1) is 8.36. The summed E-state index contributed by atoms with van der Waals surface area (Å²) >= 11 is 7.43. The molecule has 1 aromatic heterocycles. The van der Waals surface area contributed by atoms with Gasteiger partial charge < -0.3 is 0 Å². The molecule has 1 heterocycles. The molecule has 0 saturated heterocycles. The second-order valence-electron chi connectivity index (χ2n) is 4.38. The molecule has 1 atom stereocenters. The summed E-state index contributed by atoms with van der Waals surface area (Å²) in [6.45, 7) is 0. The van der Waals surface area contributed by atoms with Crippen LogP contribution in [0.3, 0.4) is 0 Å². The normalized spacial score (nSPS) is 19.0. The number of rotatable bonds is 2. The third-order valence-corrected chi connectivity index (χ3v) is 4.79. The van der Waals surface area contributed by atoms with E-state index in [1.807, 2.05) is 0 Å². The molecule has 1 aliphatic rings. The molecule has 2 nitrogen and oxygen atoms in total. The Morgan fingerprint density at radius 2 is 2.06 bits per heavy atom. The molecule has 1 aromatic carbocycles. The van der Waals surface area contributed by atoms with E-state index in [9.17, 15) is 0 Å². The number of alkyl halides is 1. The van der Waals surface area contributed by atoms with Crippen molar-refractivity contribution in [3.05, 3.63) is 45.4 Å². The van der Waals surface area contributed by atoms with Crippen molar-refractivity contribution in [1.29, 1.82) is 0 Å². The first-order valence-corrected chi connectivity index (χ1v) is 7.17. The van der Waals surface area contributed by atoms with Crippen molar-refractivity contribution in [2.75, 3.05) is 0 Å². The Morgan fingerprint density at radius 1 is 1.24 bits per heavy atom. The number of hydrogen-bond donors (Lipinski definition) is 0. The Balaban J connectivity index is 1.84. The Labute approximate surface area is 110 Å². The van der Waals surface area contributed by atoms with Crippen LogP contribution in [0.1, 0.15) is 33.5 Å². The highest BCUT2D eigenvalue weighted by Gasteiger charge is 2.22. The Morgan fingerprint density at radius 3 is 2.82 bits per heavy atom. The topological polar surface area (TPSA) is 25.8 Å². The zero-order valence-electron chi connectivity index (χ0n) is 9.40. The van der Waals surface area contributed by atoms with E-state index in [1.54, 1.807) is 11.3 Å². The minimum Gasteiger partial charge on any atom is -0.143 e. The van der Waals surface area contributed by atoms with Gasteiger partial charge in [0.2, 0.25) is 0 Å². The summed E-state index contributed by atoms with van der Waals surface area (Å²) in [5.74, 6) is 1.00. The van der Waals surface area contributed by atoms with Crippen LogP contribution in [0.2, 0.25) is 0 Å². The van der Waals surface area contributed by atoms with Gasteiger partial charge in [-0.15, -0.1) is 21.8 Å². The molecule has 0 radical (unpaired) electrons. The molecule has 0 bridgehead atoms. The molecule has 4 heteroatoms. The van der Waals surface area contributed by atoms with E-state index < -0.39 is 0 Å². The fourth-order valence-electron chi connectivity index (χ4n) is 2.39. The summed E-state index contributed by atoms with van der Waals surface area (Å²) in [6, 6.07) is 8.70. The molecule has 0 fully saturated rings. The van der Waals surface area contributed by atoms with Crippen molar-refractivity contribution in [2.45, 2.75) is 31.1 Å². The molecular formula is C13H13ClN2S. The van der Waals surface area contributed by atoms with Crippen LogP contribution in [0.15, 0.2) is 24.3 Å². The van der Waals surface area contributed by atoms with Crippen molar-refractivity contribution < 1.29 is 0 Å². The second kappa shape index (κ2) is 4.75.